The summed E-state index contributed by atoms with van der Waals surface area (Å²) < 4.78 is 11.3. The second-order valence-corrected chi connectivity index (χ2v) is 15.8. The molecule has 5 rings (SSSR count). The largest absolute Gasteiger partial charge is 0.469 e. The van der Waals surface area contributed by atoms with E-state index in [1.807, 2.05) is 6.08 Å². The standard InChI is InChI=1S/C33H50O5/c1-20(34)38-25-11-12-30(6)24(29(25,4)5)10-13-32(8)26(30)23(35)18-21-22-19-28(2,3)14-16-33(22,27(36)37-9)17-15-31(21,32)7/h18,22,24-26H,10-17,19H2,1-9H3/t22-,24-,25-,26+,30-,31+,32+,33-/m0/s1. The molecule has 0 N–H and O–H groups in total. The van der Waals surface area contributed by atoms with Gasteiger partial charge in [-0.1, -0.05) is 54.0 Å². The molecule has 0 aromatic rings. The minimum Gasteiger partial charge on any atom is -0.469 e. The smallest absolute Gasteiger partial charge is 0.312 e. The first-order valence-corrected chi connectivity index (χ1v) is 15.0. The van der Waals surface area contributed by atoms with E-state index in [0.29, 0.717) is 5.92 Å². The summed E-state index contributed by atoms with van der Waals surface area (Å²) in [6.45, 7) is 17.8. The van der Waals surface area contributed by atoms with E-state index in [1.54, 1.807) is 0 Å². The van der Waals surface area contributed by atoms with E-state index in [1.165, 1.54) is 19.6 Å². The highest BCUT2D eigenvalue weighted by Crippen LogP contribution is 2.75. The van der Waals surface area contributed by atoms with Gasteiger partial charge in [-0.05, 0) is 97.4 Å². The van der Waals surface area contributed by atoms with E-state index < -0.39 is 5.41 Å². The lowest BCUT2D eigenvalue weighted by Gasteiger charge is -2.70. The van der Waals surface area contributed by atoms with Crippen molar-refractivity contribution in [3.63, 3.8) is 0 Å². The quantitative estimate of drug-likeness (QED) is 0.360. The molecule has 5 aliphatic carbocycles. The SMILES string of the molecule is COC(=O)[C@]12CCC(C)(C)C[C@H]1C1=CC(=O)[C@@H]3[C@@]4(C)CC[C@H](OC(C)=O)C(C)(C)[C@@H]4CC[C@@]3(C)[C@]1(C)CC2. The van der Waals surface area contributed by atoms with E-state index in [9.17, 15) is 14.4 Å². The highest BCUT2D eigenvalue weighted by molar-refractivity contribution is 5.96. The fourth-order valence-corrected chi connectivity index (χ4v) is 11.0. The summed E-state index contributed by atoms with van der Waals surface area (Å²) in [6.07, 6.45) is 10.2. The van der Waals surface area contributed by atoms with Crippen molar-refractivity contribution >= 4 is 17.7 Å². The number of hydrogen-bond donors (Lipinski definition) is 0. The van der Waals surface area contributed by atoms with Crippen LogP contribution < -0.4 is 0 Å². The van der Waals surface area contributed by atoms with Gasteiger partial charge in [0.15, 0.2) is 5.78 Å². The zero-order chi connectivity index (χ0) is 28.1. The van der Waals surface area contributed by atoms with Gasteiger partial charge in [-0.15, -0.1) is 0 Å². The van der Waals surface area contributed by atoms with Crippen molar-refractivity contribution < 1.29 is 23.9 Å². The lowest BCUT2D eigenvalue weighted by Crippen LogP contribution is -2.67. The molecule has 5 heteroatoms. The van der Waals surface area contributed by atoms with Crippen LogP contribution in [0.2, 0.25) is 0 Å². The van der Waals surface area contributed by atoms with Crippen LogP contribution in [0.1, 0.15) is 113 Å². The predicted octanol–water partition coefficient (Wildman–Crippen LogP) is 7.07. The third-order valence-electron chi connectivity index (χ3n) is 13.2. The summed E-state index contributed by atoms with van der Waals surface area (Å²) in [5, 5.41) is 0. The lowest BCUT2D eigenvalue weighted by molar-refractivity contribution is -0.211. The second kappa shape index (κ2) is 8.43. The summed E-state index contributed by atoms with van der Waals surface area (Å²) in [4.78, 5) is 39.8. The average molecular weight is 527 g/mol. The number of ketones is 1. The maximum Gasteiger partial charge on any atom is 0.312 e. The molecule has 8 atom stereocenters. The molecule has 4 saturated carbocycles. The van der Waals surface area contributed by atoms with E-state index in [4.69, 9.17) is 9.47 Å². The molecular weight excluding hydrogens is 476 g/mol. The number of ether oxygens (including phenoxy) is 2. The van der Waals surface area contributed by atoms with Crippen LogP contribution >= 0.6 is 0 Å². The van der Waals surface area contributed by atoms with Crippen molar-refractivity contribution in [2.45, 2.75) is 119 Å². The topological polar surface area (TPSA) is 69.7 Å². The Bertz CT molecular complexity index is 1080. The summed E-state index contributed by atoms with van der Waals surface area (Å²) in [7, 11) is 1.52. The molecule has 0 aromatic carbocycles. The highest BCUT2D eigenvalue weighted by atomic mass is 16.5. The fraction of sp³-hybridized carbons (Fsp3) is 0.848. The number of methoxy groups -OCH3 is 1. The van der Waals surface area contributed by atoms with Crippen molar-refractivity contribution in [1.29, 1.82) is 0 Å². The van der Waals surface area contributed by atoms with Crippen LogP contribution in [-0.4, -0.2) is 30.9 Å². The Hall–Kier alpha value is -1.65. The van der Waals surface area contributed by atoms with Gasteiger partial charge >= 0.3 is 11.9 Å². The molecule has 0 aromatic heterocycles. The predicted molar refractivity (Wildman–Crippen MR) is 147 cm³/mol. The normalized spacial score (nSPS) is 46.9. The minimum absolute atomic E-state index is 0.0563. The van der Waals surface area contributed by atoms with Crippen molar-refractivity contribution in [1.82, 2.24) is 0 Å². The number of carbonyl (C=O) groups is 3. The first-order chi connectivity index (χ1) is 17.5. The number of hydrogen-bond acceptors (Lipinski definition) is 5. The summed E-state index contributed by atoms with van der Waals surface area (Å²) in [5.74, 6) is 0.260. The first kappa shape index (κ1) is 27.9. The number of carbonyl (C=O) groups excluding carboxylic acids is 3. The molecule has 4 fully saturated rings. The average Bonchev–Trinajstić information content (AvgIpc) is 2.81. The van der Waals surface area contributed by atoms with Gasteiger partial charge < -0.3 is 9.47 Å². The number of rotatable bonds is 2. The van der Waals surface area contributed by atoms with Gasteiger partial charge in [-0.25, -0.2) is 0 Å². The molecule has 0 saturated heterocycles. The van der Waals surface area contributed by atoms with Gasteiger partial charge in [0.1, 0.15) is 6.10 Å². The molecule has 5 nitrogen and oxygen atoms in total. The van der Waals surface area contributed by atoms with Crippen molar-refractivity contribution in [3.05, 3.63) is 11.6 Å². The molecule has 0 spiro atoms. The zero-order valence-electron chi connectivity index (χ0n) is 25.3. The van der Waals surface area contributed by atoms with Gasteiger partial charge in [-0.2, -0.15) is 0 Å². The maximum atomic E-state index is 14.5. The molecule has 38 heavy (non-hydrogen) atoms. The van der Waals surface area contributed by atoms with Crippen LogP contribution in [0.4, 0.5) is 0 Å². The van der Waals surface area contributed by atoms with Crippen LogP contribution in [-0.2, 0) is 23.9 Å². The van der Waals surface area contributed by atoms with Gasteiger partial charge in [0, 0.05) is 18.3 Å². The lowest BCUT2D eigenvalue weighted by atomic mass is 9.33. The van der Waals surface area contributed by atoms with Gasteiger partial charge in [0.25, 0.3) is 0 Å². The van der Waals surface area contributed by atoms with Crippen LogP contribution in [0.15, 0.2) is 11.6 Å². The Kier molecular flexibility index (Phi) is 6.19. The summed E-state index contributed by atoms with van der Waals surface area (Å²) in [6, 6.07) is 0. The summed E-state index contributed by atoms with van der Waals surface area (Å²) in [5.41, 5.74) is 0.207. The monoisotopic (exact) mass is 526 g/mol. The Morgan fingerprint density at radius 1 is 0.895 bits per heavy atom. The highest BCUT2D eigenvalue weighted by Gasteiger charge is 2.71. The number of fused-ring (bicyclic) bond motifs is 7. The molecule has 212 valence electrons. The first-order valence-electron chi connectivity index (χ1n) is 15.0. The van der Waals surface area contributed by atoms with E-state index in [2.05, 4.69) is 48.5 Å². The molecule has 5 aliphatic rings. The third kappa shape index (κ3) is 3.51. The van der Waals surface area contributed by atoms with Crippen LogP contribution in [0.3, 0.4) is 0 Å². The van der Waals surface area contributed by atoms with Crippen LogP contribution in [0.5, 0.6) is 0 Å². The Labute approximate surface area is 229 Å². The van der Waals surface area contributed by atoms with Crippen molar-refractivity contribution in [2.24, 2.45) is 50.2 Å². The van der Waals surface area contributed by atoms with Crippen molar-refractivity contribution in [2.75, 3.05) is 7.11 Å². The Balaban J connectivity index is 1.60. The maximum absolute atomic E-state index is 14.5. The zero-order valence-corrected chi connectivity index (χ0v) is 25.3. The third-order valence-corrected chi connectivity index (χ3v) is 13.2. The molecular formula is C33H50O5. The summed E-state index contributed by atoms with van der Waals surface area (Å²) >= 11 is 0. The van der Waals surface area contributed by atoms with Gasteiger partial charge in [0.2, 0.25) is 0 Å². The number of esters is 2. The molecule has 0 unspecified atom stereocenters. The fourth-order valence-electron chi connectivity index (χ4n) is 11.0. The van der Waals surface area contributed by atoms with Crippen LogP contribution in [0, 0.1) is 50.2 Å². The van der Waals surface area contributed by atoms with E-state index >= 15 is 0 Å². The van der Waals surface area contributed by atoms with Gasteiger partial charge in [0.05, 0.1) is 12.5 Å². The van der Waals surface area contributed by atoms with E-state index in [0.717, 1.165) is 57.8 Å². The van der Waals surface area contributed by atoms with Crippen LogP contribution in [0.25, 0.3) is 0 Å². The second-order valence-electron chi connectivity index (χ2n) is 15.8. The number of allylic oxidation sites excluding steroid dienone is 2. The minimum atomic E-state index is -0.510. The van der Waals surface area contributed by atoms with Crippen molar-refractivity contribution in [3.8, 4) is 0 Å². The van der Waals surface area contributed by atoms with E-state index in [-0.39, 0.29) is 62.7 Å². The molecule has 0 heterocycles. The molecule has 0 bridgehead atoms. The molecule has 0 radical (unpaired) electrons. The Morgan fingerprint density at radius 3 is 2.18 bits per heavy atom. The Morgan fingerprint density at radius 2 is 1.55 bits per heavy atom. The van der Waals surface area contributed by atoms with Gasteiger partial charge in [-0.3, -0.25) is 14.4 Å². The molecule has 0 amide bonds. The molecule has 0 aliphatic heterocycles.